The molecule has 0 aromatic heterocycles. The van der Waals surface area contributed by atoms with Crippen molar-refractivity contribution in [2.45, 2.75) is 38.3 Å². The van der Waals surface area contributed by atoms with Crippen LogP contribution in [0.4, 0.5) is 17.1 Å². The Kier molecular flexibility index (Phi) is 21.4. The van der Waals surface area contributed by atoms with Gasteiger partial charge in [0.15, 0.2) is 69.0 Å². The summed E-state index contributed by atoms with van der Waals surface area (Å²) in [5, 5.41) is 15.6. The minimum Gasteiger partial charge on any atom is -0.550 e. The Morgan fingerprint density at radius 1 is 0.433 bits per heavy atom. The van der Waals surface area contributed by atoms with Gasteiger partial charge >= 0.3 is 34.9 Å². The summed E-state index contributed by atoms with van der Waals surface area (Å²) in [6, 6.07) is 47.8. The molecule has 22 rings (SSSR count). The number of Topliss-reactive ketones (excluding diaryl/α,β-unsaturated/α-hetero) is 4. The molecular weight excluding hydrogens is 1570 g/mol. The second kappa shape index (κ2) is 31.9. The van der Waals surface area contributed by atoms with Crippen LogP contribution in [0.5, 0.6) is 69.0 Å². The van der Waals surface area contributed by atoms with Crippen molar-refractivity contribution < 1.29 is 159 Å². The van der Waals surface area contributed by atoms with Crippen molar-refractivity contribution in [3.05, 3.63) is 264 Å². The van der Waals surface area contributed by atoms with Crippen molar-refractivity contribution in [3.8, 4) is 69.0 Å². The first-order valence-electron chi connectivity index (χ1n) is 35.7. The Hall–Kier alpha value is -14.5. The predicted octanol–water partition coefficient (Wildman–Crippen LogP) is 4.41. The number of carbonyl (C=O) groups excluding carboxylic acids is 11. The summed E-state index contributed by atoms with van der Waals surface area (Å²) in [4.78, 5) is 170. The average Bonchev–Trinajstić information content (AvgIpc) is 1.52. The van der Waals surface area contributed by atoms with Crippen molar-refractivity contribution in [2.24, 2.45) is 23.7 Å². The fraction of sp³-hybridized carbons (Fsp3) is 0.186. The molecule has 3 saturated heterocycles. The molecule has 10 heterocycles. The van der Waals surface area contributed by atoms with E-state index in [1.807, 2.05) is 0 Å². The third kappa shape index (κ3) is 13.2. The van der Waals surface area contributed by atoms with Gasteiger partial charge in [0, 0.05) is 80.6 Å². The van der Waals surface area contributed by atoms with Gasteiger partial charge in [0.25, 0.3) is 22.7 Å². The fourth-order valence-corrected chi connectivity index (χ4v) is 15.9. The number of rotatable bonds is 8. The Morgan fingerprint density at radius 2 is 0.808 bits per heavy atom. The molecule has 2 spiro atoms. The molecule has 0 radical (unpaired) electrons. The van der Waals surface area contributed by atoms with Crippen LogP contribution in [0.1, 0.15) is 90.0 Å². The zero-order valence-corrected chi connectivity index (χ0v) is 63.0. The minimum atomic E-state index is -2.49. The van der Waals surface area contributed by atoms with Gasteiger partial charge in [-0.1, -0.05) is 87.6 Å². The number of carbonyl (C=O) groups is 11. The Balaban J connectivity index is 0.000000127. The first-order chi connectivity index (χ1) is 56.8. The first-order valence-corrected chi connectivity index (χ1v) is 35.7. The number of nitrogens with zero attached hydrogens (tertiary/aromatic N) is 4. The molecule has 10 aliphatic heterocycles. The number of amides is 5. The number of aliphatic carboxylic acids is 1. The number of ether oxygens (including phenoxy) is 14. The van der Waals surface area contributed by atoms with E-state index in [9.17, 15) is 67.4 Å². The maximum atomic E-state index is 14.1. The van der Waals surface area contributed by atoms with Crippen molar-refractivity contribution in [3.63, 3.8) is 0 Å². The zero-order valence-electron chi connectivity index (χ0n) is 61.0. The van der Waals surface area contributed by atoms with E-state index in [4.69, 9.17) is 71.8 Å². The van der Waals surface area contributed by atoms with Gasteiger partial charge in [-0.3, -0.25) is 57.5 Å². The van der Waals surface area contributed by atoms with Crippen LogP contribution in [0, 0.1) is 23.7 Å². The Morgan fingerprint density at radius 3 is 1.26 bits per heavy atom. The van der Waals surface area contributed by atoms with Crippen molar-refractivity contribution in [1.82, 2.24) is 0 Å². The molecule has 1 N–H and O–H groups in total. The first kappa shape index (κ1) is 80.7. The zero-order chi connectivity index (χ0) is 80.9. The summed E-state index contributed by atoms with van der Waals surface area (Å²) >= 11 is 0. The van der Waals surface area contributed by atoms with E-state index in [2.05, 4.69) is 10.1 Å². The third-order valence-electron chi connectivity index (χ3n) is 21.2. The van der Waals surface area contributed by atoms with E-state index in [1.54, 1.807) is 127 Å². The average molecular weight is 1630 g/mol. The summed E-state index contributed by atoms with van der Waals surface area (Å²) in [5.74, 6) is -7.32. The Labute approximate surface area is 698 Å². The van der Waals surface area contributed by atoms with Gasteiger partial charge in [-0.2, -0.15) is 4.79 Å². The Bertz CT molecular complexity index is 6170. The number of imide groups is 2. The van der Waals surface area contributed by atoms with Gasteiger partial charge in [0.05, 0.1) is 47.3 Å². The van der Waals surface area contributed by atoms with Crippen LogP contribution in [0.3, 0.4) is 0 Å². The molecule has 5 amide bonds. The number of fused-ring (bicyclic) bond motifs is 11. The molecule has 12 aliphatic rings. The standard InChI is InChI=1S/C28H19NO10.C28H17NO9.C11H7NO4.C9H4N2O2.C8H6O3.2CH4.Na/c30-24-15-3-1-2-4-16(15)25(31)28(24)22(27(33)34)21(23(39-28)13-5-7-17-19(9-13)37-11-35-17)26(32)29-14-6-8-18-20(10-14)38-12-36-18;30-24-15-3-1-2-4-16(15)25(31)28(24)22-21(23(38-28)13-5-7-17-19(9-13)36-11-34-17)26(32)29(27(22)33)14-6-8-18-20(10-14)37-12-35-18;13-10-3-4-11(14)12(10)7-1-2-8-9(5-7)16-6-15-8;10-11-7-8(12)5-3-1-2-4-6(5)9(7)13;9-4-6-1-2-7-8(3-6)11-5-10-7;;;/h1-10,21-23H,11-12H2,(H,29,32)(H,33,34);1-10,21-23H,11-12H2;1-5H,6H2;1-4H;1-4H,5H2;2*1H4;/q;;;;;;;+1/p-1. The molecule has 0 saturated carbocycles. The predicted molar refractivity (Wildman–Crippen MR) is 405 cm³/mol. The number of anilines is 3. The van der Waals surface area contributed by atoms with E-state index in [1.165, 1.54) is 66.7 Å². The van der Waals surface area contributed by atoms with E-state index in [0.717, 1.165) is 16.1 Å². The van der Waals surface area contributed by atoms with Gasteiger partial charge < -0.3 is 87.1 Å². The SMILES string of the molecule is C.C.O=C(Nc1ccc2c(c1)OCO2)C1C(c2ccc3c(c2)OCO3)OC2(C(=O)c3ccccc3C2=O)C1C(=O)[O-].O=C1C2C(c3ccc4c(c3)OCO4)OC3(C(=O)c4ccccc4C3=O)C2C(=O)N1c1ccc2c(c1)OCO2.O=C1C=CC(=O)N1c1ccc2c(c1)OCO2.O=Cc1ccc2c(c1)OCO2.[N-]=[N+]=c1c(=O)c2ccccc2c1=O.[Na+]. The van der Waals surface area contributed by atoms with Gasteiger partial charge in [-0.15, -0.1) is 0 Å². The molecule has 598 valence electrons. The third-order valence-corrected chi connectivity index (χ3v) is 21.2. The molecule has 10 aromatic rings. The van der Waals surface area contributed by atoms with Crippen LogP contribution >= 0.6 is 0 Å². The summed E-state index contributed by atoms with van der Waals surface area (Å²) in [6.45, 7) is 0.487. The van der Waals surface area contributed by atoms with E-state index < -0.39 is 110 Å². The van der Waals surface area contributed by atoms with Crippen LogP contribution in [0.2, 0.25) is 0 Å². The molecule has 33 nitrogen and oxygen atoms in total. The quantitative estimate of drug-likeness (QED) is 0.0549. The molecule has 120 heavy (non-hydrogen) atoms. The van der Waals surface area contributed by atoms with Gasteiger partial charge in [-0.25, -0.2) is 9.80 Å². The van der Waals surface area contributed by atoms with Crippen molar-refractivity contribution in [2.75, 3.05) is 55.9 Å². The van der Waals surface area contributed by atoms with Crippen molar-refractivity contribution >= 4 is 92.8 Å². The number of nitrogens with one attached hydrogen (secondary N) is 1. The number of hydrogen-bond donors (Lipinski definition) is 1. The smallest absolute Gasteiger partial charge is 0.550 e. The maximum absolute atomic E-state index is 14.1. The van der Waals surface area contributed by atoms with E-state index >= 15 is 0 Å². The number of carboxylic acid groups (broad SMARTS) is 1. The second-order valence-electron chi connectivity index (χ2n) is 27.4. The maximum Gasteiger partial charge on any atom is 1.00 e. The van der Waals surface area contributed by atoms with Crippen LogP contribution in [0.15, 0.2) is 204 Å². The summed E-state index contributed by atoms with van der Waals surface area (Å²) < 4.78 is 76.1. The van der Waals surface area contributed by atoms with Crippen LogP contribution in [0.25, 0.3) is 16.3 Å². The summed E-state index contributed by atoms with van der Waals surface area (Å²) in [5.41, 5.74) is 5.61. The van der Waals surface area contributed by atoms with Crippen LogP contribution in [-0.4, -0.2) is 122 Å². The molecule has 6 unspecified atom stereocenters. The van der Waals surface area contributed by atoms with Gasteiger partial charge in [0.1, 0.15) is 6.29 Å². The van der Waals surface area contributed by atoms with Gasteiger partial charge in [-0.05, 0) is 102 Å². The molecular formula is C86H60N5NaO28. The normalized spacial score (nSPS) is 20.2. The van der Waals surface area contributed by atoms with E-state index in [-0.39, 0.29) is 125 Å². The molecule has 6 atom stereocenters. The molecule has 0 bridgehead atoms. The topological polar surface area (TPSA) is 429 Å². The number of benzene rings is 9. The van der Waals surface area contributed by atoms with Crippen LogP contribution < -0.4 is 123 Å². The van der Waals surface area contributed by atoms with Crippen LogP contribution in [-0.2, 0) is 38.2 Å². The second-order valence-corrected chi connectivity index (χ2v) is 27.4. The van der Waals surface area contributed by atoms with Gasteiger partial charge in [0.2, 0.25) is 92.8 Å². The number of carboxylic acids is 1. The molecule has 34 heteroatoms. The minimum absolute atomic E-state index is 0. The molecule has 3 fully saturated rings. The molecule has 2 aliphatic carbocycles. The number of hydrogen-bond acceptors (Lipinski definition) is 28. The summed E-state index contributed by atoms with van der Waals surface area (Å²) in [7, 11) is 0. The summed E-state index contributed by atoms with van der Waals surface area (Å²) in [6.07, 6.45) is 0.882. The van der Waals surface area contributed by atoms with E-state index in [0.29, 0.717) is 108 Å². The fourth-order valence-electron chi connectivity index (χ4n) is 15.9. The number of ketones is 4. The van der Waals surface area contributed by atoms with Crippen molar-refractivity contribution in [1.29, 1.82) is 0 Å². The molecule has 10 aromatic carbocycles. The monoisotopic (exact) mass is 1630 g/mol. The largest absolute Gasteiger partial charge is 1.00 e. The number of aldehydes is 1.